The lowest BCUT2D eigenvalue weighted by Gasteiger charge is -2.04. The largest absolute Gasteiger partial charge is 0.265 e. The number of nitrogens with zero attached hydrogens (tertiary/aromatic N) is 2. The lowest BCUT2D eigenvalue weighted by molar-refractivity contribution is 0.604. The summed E-state index contributed by atoms with van der Waals surface area (Å²) in [6.07, 6.45) is 1.40. The van der Waals surface area contributed by atoms with Crippen LogP contribution < -0.4 is 4.72 Å². The summed E-state index contributed by atoms with van der Waals surface area (Å²) >= 11 is 5.66. The number of aromatic nitrogens is 1. The fourth-order valence-electron chi connectivity index (χ4n) is 0.729. The van der Waals surface area contributed by atoms with Crippen molar-refractivity contribution in [3.8, 4) is 6.07 Å². The van der Waals surface area contributed by atoms with Gasteiger partial charge in [0.2, 0.25) is 10.0 Å². The number of rotatable bonds is 3. The summed E-state index contributed by atoms with van der Waals surface area (Å²) in [5.41, 5.74) is 0. The van der Waals surface area contributed by atoms with E-state index in [0.29, 0.717) is 0 Å². The molecule has 74 valence electrons. The number of nitriles is 1. The van der Waals surface area contributed by atoms with Gasteiger partial charge in [-0.2, -0.15) is 5.26 Å². The van der Waals surface area contributed by atoms with Crippen LogP contribution in [0.4, 0.5) is 5.82 Å². The van der Waals surface area contributed by atoms with Gasteiger partial charge in [-0.3, -0.25) is 4.72 Å². The highest BCUT2D eigenvalue weighted by Gasteiger charge is 2.11. The molecule has 1 heterocycles. The molecule has 0 bridgehead atoms. The van der Waals surface area contributed by atoms with Crippen LogP contribution in [0.25, 0.3) is 0 Å². The Morgan fingerprint density at radius 1 is 1.64 bits per heavy atom. The first-order valence-electron chi connectivity index (χ1n) is 3.53. The van der Waals surface area contributed by atoms with Crippen molar-refractivity contribution in [2.75, 3.05) is 10.5 Å². The standard InChI is InChI=1S/C7H6ClN3O2S/c8-6-2-1-4-10-7(6)11-14(12,13)5-3-9/h1-2,4H,5H2,(H,10,11). The molecule has 0 aliphatic heterocycles. The lowest BCUT2D eigenvalue weighted by atomic mass is 10.5. The summed E-state index contributed by atoms with van der Waals surface area (Å²) in [5.74, 6) is -0.593. The minimum Gasteiger partial charge on any atom is -0.265 e. The number of hydrogen-bond acceptors (Lipinski definition) is 4. The summed E-state index contributed by atoms with van der Waals surface area (Å²) < 4.78 is 24.3. The third-order valence-electron chi connectivity index (χ3n) is 1.27. The zero-order valence-electron chi connectivity index (χ0n) is 6.94. The highest BCUT2D eigenvalue weighted by molar-refractivity contribution is 7.92. The van der Waals surface area contributed by atoms with Gasteiger partial charge in [0.15, 0.2) is 11.6 Å². The molecule has 1 rings (SSSR count). The molecule has 0 aliphatic carbocycles. The molecule has 14 heavy (non-hydrogen) atoms. The third kappa shape index (κ3) is 2.87. The van der Waals surface area contributed by atoms with Crippen LogP contribution in [0, 0.1) is 11.3 Å². The van der Waals surface area contributed by atoms with Crippen molar-refractivity contribution >= 4 is 27.4 Å². The van der Waals surface area contributed by atoms with Gasteiger partial charge in [0.05, 0.1) is 11.1 Å². The molecule has 0 saturated heterocycles. The van der Waals surface area contributed by atoms with Crippen LogP contribution in [0.2, 0.25) is 5.02 Å². The first-order valence-corrected chi connectivity index (χ1v) is 5.56. The van der Waals surface area contributed by atoms with E-state index in [9.17, 15) is 8.42 Å². The van der Waals surface area contributed by atoms with Gasteiger partial charge >= 0.3 is 0 Å². The van der Waals surface area contributed by atoms with E-state index in [1.54, 1.807) is 6.07 Å². The summed E-state index contributed by atoms with van der Waals surface area (Å²) in [6.45, 7) is 0. The normalized spacial score (nSPS) is 10.6. The van der Waals surface area contributed by atoms with Crippen LogP contribution in [0.3, 0.4) is 0 Å². The Morgan fingerprint density at radius 3 is 2.93 bits per heavy atom. The molecular weight excluding hydrogens is 226 g/mol. The van der Waals surface area contributed by atoms with Crippen LogP contribution in [-0.2, 0) is 10.0 Å². The molecule has 0 fully saturated rings. The molecule has 0 radical (unpaired) electrons. The molecule has 1 N–H and O–H groups in total. The van der Waals surface area contributed by atoms with Gasteiger partial charge in [0.1, 0.15) is 0 Å². The van der Waals surface area contributed by atoms with Gasteiger partial charge in [0, 0.05) is 6.20 Å². The van der Waals surface area contributed by atoms with Gasteiger partial charge in [0.25, 0.3) is 0 Å². The number of pyridine rings is 1. The van der Waals surface area contributed by atoms with E-state index in [1.807, 2.05) is 0 Å². The number of anilines is 1. The van der Waals surface area contributed by atoms with Crippen molar-refractivity contribution in [3.63, 3.8) is 0 Å². The van der Waals surface area contributed by atoms with Crippen LogP contribution in [0.1, 0.15) is 0 Å². The Kier molecular flexibility index (Phi) is 3.28. The van der Waals surface area contributed by atoms with Crippen molar-refractivity contribution in [3.05, 3.63) is 23.4 Å². The molecule has 0 unspecified atom stereocenters. The topological polar surface area (TPSA) is 82.8 Å². The molecule has 5 nitrogen and oxygen atoms in total. The van der Waals surface area contributed by atoms with Crippen LogP contribution in [-0.4, -0.2) is 19.2 Å². The molecular formula is C7H6ClN3O2S. The number of hydrogen-bond donors (Lipinski definition) is 1. The minimum atomic E-state index is -3.67. The van der Waals surface area contributed by atoms with Crippen LogP contribution >= 0.6 is 11.6 Å². The maximum Gasteiger partial charge on any atom is 0.247 e. The van der Waals surface area contributed by atoms with Crippen LogP contribution in [0.15, 0.2) is 18.3 Å². The van der Waals surface area contributed by atoms with Crippen molar-refractivity contribution < 1.29 is 8.42 Å². The first-order chi connectivity index (χ1) is 6.55. The quantitative estimate of drug-likeness (QED) is 0.841. The Hall–Kier alpha value is -1.32. The van der Waals surface area contributed by atoms with E-state index < -0.39 is 15.8 Å². The van der Waals surface area contributed by atoms with Crippen molar-refractivity contribution in [2.45, 2.75) is 0 Å². The minimum absolute atomic E-state index is 0.0319. The molecule has 1 aromatic rings. The van der Waals surface area contributed by atoms with E-state index >= 15 is 0 Å². The average molecular weight is 232 g/mol. The molecule has 0 aliphatic rings. The Morgan fingerprint density at radius 2 is 2.36 bits per heavy atom. The maximum atomic E-state index is 11.1. The van der Waals surface area contributed by atoms with Gasteiger partial charge in [-0.15, -0.1) is 0 Å². The highest BCUT2D eigenvalue weighted by atomic mass is 35.5. The fraction of sp³-hybridized carbons (Fsp3) is 0.143. The molecule has 0 amide bonds. The highest BCUT2D eigenvalue weighted by Crippen LogP contribution is 2.18. The van der Waals surface area contributed by atoms with E-state index in [4.69, 9.17) is 16.9 Å². The Bertz CT molecular complexity index is 466. The third-order valence-corrected chi connectivity index (χ3v) is 2.58. The van der Waals surface area contributed by atoms with Crippen molar-refractivity contribution in [1.29, 1.82) is 5.26 Å². The number of nitrogens with one attached hydrogen (secondary N) is 1. The zero-order chi connectivity index (χ0) is 10.6. The molecule has 0 spiro atoms. The predicted octanol–water partition coefficient (Wildman–Crippen LogP) is 1.00. The molecule has 0 aromatic carbocycles. The second-order valence-electron chi connectivity index (χ2n) is 2.35. The van der Waals surface area contributed by atoms with Gasteiger partial charge in [-0.05, 0) is 12.1 Å². The molecule has 0 saturated carbocycles. The second-order valence-corrected chi connectivity index (χ2v) is 4.48. The summed E-state index contributed by atoms with van der Waals surface area (Å²) in [5, 5.41) is 8.42. The van der Waals surface area contributed by atoms with Gasteiger partial charge in [-0.25, -0.2) is 13.4 Å². The number of sulfonamides is 1. The monoisotopic (exact) mass is 231 g/mol. The number of halogens is 1. The SMILES string of the molecule is N#CCS(=O)(=O)Nc1ncccc1Cl. The lowest BCUT2D eigenvalue weighted by Crippen LogP contribution is -2.16. The zero-order valence-corrected chi connectivity index (χ0v) is 8.51. The van der Waals surface area contributed by atoms with E-state index in [0.717, 1.165) is 0 Å². The first kappa shape index (κ1) is 10.8. The van der Waals surface area contributed by atoms with Gasteiger partial charge in [-0.1, -0.05) is 11.6 Å². The van der Waals surface area contributed by atoms with Gasteiger partial charge < -0.3 is 0 Å². The van der Waals surface area contributed by atoms with E-state index in [1.165, 1.54) is 18.3 Å². The van der Waals surface area contributed by atoms with E-state index in [-0.39, 0.29) is 10.8 Å². The summed E-state index contributed by atoms with van der Waals surface area (Å²) in [4.78, 5) is 3.71. The second kappa shape index (κ2) is 4.26. The molecule has 1 aromatic heterocycles. The predicted molar refractivity (Wildman–Crippen MR) is 52.3 cm³/mol. The van der Waals surface area contributed by atoms with Crippen LogP contribution in [0.5, 0.6) is 0 Å². The van der Waals surface area contributed by atoms with Crippen molar-refractivity contribution in [1.82, 2.24) is 4.98 Å². The summed E-state index contributed by atoms with van der Waals surface area (Å²) in [7, 11) is -3.67. The average Bonchev–Trinajstić information content (AvgIpc) is 2.08. The summed E-state index contributed by atoms with van der Waals surface area (Å²) in [6, 6.07) is 4.60. The molecule has 0 atom stereocenters. The molecule has 7 heteroatoms. The Balaban J connectivity index is 2.91. The van der Waals surface area contributed by atoms with E-state index in [2.05, 4.69) is 9.71 Å². The Labute approximate surface area is 86.4 Å². The van der Waals surface area contributed by atoms with Crippen molar-refractivity contribution in [2.24, 2.45) is 0 Å². The maximum absolute atomic E-state index is 11.1. The smallest absolute Gasteiger partial charge is 0.247 e. The fourth-order valence-corrected chi connectivity index (χ4v) is 1.65.